The van der Waals surface area contributed by atoms with E-state index < -0.39 is 83.3 Å². The number of hydrogen-bond donors (Lipinski definition) is 0. The van der Waals surface area contributed by atoms with Gasteiger partial charge in [-0.1, -0.05) is 0 Å². The van der Waals surface area contributed by atoms with Crippen LogP contribution in [0.5, 0.6) is 0 Å². The second-order valence-corrected chi connectivity index (χ2v) is 25.8. The van der Waals surface area contributed by atoms with Crippen molar-refractivity contribution in [1.82, 2.24) is 0 Å². The van der Waals surface area contributed by atoms with Crippen molar-refractivity contribution < 1.29 is 27.9 Å². The molecule has 0 bridgehead atoms. The first kappa shape index (κ1) is 40.6. The van der Waals surface area contributed by atoms with E-state index in [0.717, 1.165) is 34.4 Å². The van der Waals surface area contributed by atoms with Gasteiger partial charge in [-0.3, -0.25) is 0 Å². The Morgan fingerprint density at radius 1 is 0.556 bits per heavy atom. The topological polar surface area (TPSA) is 18.5 Å². The van der Waals surface area contributed by atoms with Gasteiger partial charge in [0.25, 0.3) is 0 Å². The van der Waals surface area contributed by atoms with E-state index in [9.17, 15) is 0 Å². The fourth-order valence-corrected chi connectivity index (χ4v) is 17.2. The molecule has 3 unspecified atom stereocenters. The molecule has 0 radical (unpaired) electrons. The Hall–Kier alpha value is -3.07. The molecule has 284 valence electrons. The zero-order valence-electron chi connectivity index (χ0n) is 30.6. The van der Waals surface area contributed by atoms with Crippen LogP contribution >= 0.6 is 40.5 Å². The maximum absolute atomic E-state index is 18.7. The predicted molar refractivity (Wildman–Crippen MR) is 227 cm³/mol. The summed E-state index contributed by atoms with van der Waals surface area (Å²) in [4.78, 5) is 0. The molecule has 0 amide bonds. The van der Waals surface area contributed by atoms with Gasteiger partial charge in [-0.05, 0) is 0 Å². The molecule has 0 spiro atoms. The second-order valence-electron chi connectivity index (χ2n) is 14.2. The molecule has 1 aliphatic rings. The van der Waals surface area contributed by atoms with Gasteiger partial charge in [0.1, 0.15) is 0 Å². The number of allylic oxidation sites excluding steroid dienone is 2. The van der Waals surface area contributed by atoms with Gasteiger partial charge in [0, 0.05) is 0 Å². The van der Waals surface area contributed by atoms with E-state index in [2.05, 4.69) is 0 Å². The number of alkyl halides is 9. The Morgan fingerprint density at radius 3 is 1.30 bits per heavy atom. The third-order valence-electron chi connectivity index (χ3n) is 9.94. The van der Waals surface area contributed by atoms with Crippen LogP contribution in [-0.4, -0.2) is 24.8 Å². The van der Waals surface area contributed by atoms with Crippen LogP contribution in [-0.2, 0) is 27.3 Å². The zero-order valence-corrected chi connectivity index (χ0v) is 34.9. The van der Waals surface area contributed by atoms with Crippen LogP contribution in [0, 0.1) is 0 Å². The molecular weight excluding hydrogens is 920 g/mol. The Morgan fingerprint density at radius 2 is 0.907 bits per heavy atom. The van der Waals surface area contributed by atoms with Crippen molar-refractivity contribution in [1.29, 1.82) is 0 Å². The van der Waals surface area contributed by atoms with Crippen LogP contribution in [0.25, 0.3) is 0 Å². The molecule has 0 aromatic heterocycles. The fraction of sp³-hybridized carbons (Fsp3) is 0.273. The number of halogens is 7. The van der Waals surface area contributed by atoms with Crippen molar-refractivity contribution in [3.63, 3.8) is 0 Å². The zero-order chi connectivity index (χ0) is 38.6. The summed E-state index contributed by atoms with van der Waals surface area (Å²) >= 11 is -6.37. The number of benzene rings is 5. The van der Waals surface area contributed by atoms with Gasteiger partial charge in [-0.2, -0.15) is 0 Å². The fourth-order valence-electron chi connectivity index (χ4n) is 6.51. The molecule has 5 aromatic carbocycles. The summed E-state index contributed by atoms with van der Waals surface area (Å²) in [7, 11) is -2.16. The average Bonchev–Trinajstić information content (AvgIpc) is 3.19. The molecule has 2 nitrogen and oxygen atoms in total. The quantitative estimate of drug-likeness (QED) is 0.0363. The molecule has 0 N–H and O–H groups in total. The first-order chi connectivity index (χ1) is 25.7. The Labute approximate surface area is 331 Å². The van der Waals surface area contributed by atoms with Gasteiger partial charge in [0.2, 0.25) is 0 Å². The minimum atomic E-state index is -4.82. The van der Waals surface area contributed by atoms with E-state index in [4.69, 9.17) is 5.97 Å². The number of hydrogen-bond acceptors (Lipinski definition) is 2. The van der Waals surface area contributed by atoms with Crippen LogP contribution in [0.1, 0.15) is 55.5 Å². The van der Waals surface area contributed by atoms with Crippen molar-refractivity contribution in [3.8, 4) is 0 Å². The summed E-state index contributed by atoms with van der Waals surface area (Å²) in [5, 5.41) is 0. The Balaban J connectivity index is 1.57. The van der Waals surface area contributed by atoms with Crippen molar-refractivity contribution >= 4 is 47.6 Å². The van der Waals surface area contributed by atoms with E-state index in [-0.39, 0.29) is 0 Å². The standard InChI is InChI=1S/C44H44BF5I2O2/c1-40(2,36-24-14-7-15-25-36)51(32-34-20-10-5-11-21-34)53-45(42(47)31-30-39(46)44(49,50)43(42,48)38-28-18-9-19-29-38)54-52(33-35-22-12-6-13-23-35)41(3,4)37-26-16-8-17-27-37/h5-31,39H,32-33H2,1-4H3. The minimum absolute atomic E-state index is 0.369. The van der Waals surface area contributed by atoms with Crippen molar-refractivity contribution in [2.45, 2.75) is 66.7 Å². The van der Waals surface area contributed by atoms with Crippen LogP contribution in [0.15, 0.2) is 164 Å². The van der Waals surface area contributed by atoms with Gasteiger partial charge in [-0.15, -0.1) is 0 Å². The second kappa shape index (κ2) is 16.6. The van der Waals surface area contributed by atoms with E-state index in [1.165, 1.54) is 18.2 Å². The summed E-state index contributed by atoms with van der Waals surface area (Å²) in [6.07, 6.45) is -2.06. The first-order valence-corrected chi connectivity index (χ1v) is 24.7. The summed E-state index contributed by atoms with van der Waals surface area (Å²) in [5.41, 5.74) is -4.92. The SMILES string of the molecule is CC(C)(c1ccccc1)I(Cc1ccccc1)OB(OI(Cc1ccccc1)C(C)(C)c1ccccc1)C1(F)C=CC(F)C(F)(F)C1(F)c1ccccc1. The van der Waals surface area contributed by atoms with E-state index >= 15 is 22.0 Å². The first-order valence-electron chi connectivity index (χ1n) is 17.7. The van der Waals surface area contributed by atoms with Crippen LogP contribution in [0.4, 0.5) is 22.0 Å². The molecule has 0 fully saturated rings. The molecule has 10 heteroatoms. The molecule has 0 saturated carbocycles. The van der Waals surface area contributed by atoms with Crippen molar-refractivity contribution in [2.24, 2.45) is 0 Å². The molecular formula is C44H44BF5I2O2. The molecule has 1 aliphatic carbocycles. The summed E-state index contributed by atoms with van der Waals surface area (Å²) < 4.78 is 98.3. The monoisotopic (exact) mass is 964 g/mol. The molecule has 6 rings (SSSR count). The van der Waals surface area contributed by atoms with Crippen molar-refractivity contribution in [3.05, 3.63) is 192 Å². The van der Waals surface area contributed by atoms with Gasteiger partial charge in [0.05, 0.1) is 0 Å². The molecule has 5 aromatic rings. The Bertz CT molecular complexity index is 1870. The van der Waals surface area contributed by atoms with Crippen LogP contribution in [0.3, 0.4) is 0 Å². The van der Waals surface area contributed by atoms with Crippen LogP contribution < -0.4 is 0 Å². The third-order valence-corrected chi connectivity index (χ3v) is 22.5. The average molecular weight is 964 g/mol. The molecule has 0 saturated heterocycles. The Kier molecular flexibility index (Phi) is 12.5. The normalized spacial score (nSPS) is 21.7. The summed E-state index contributed by atoms with van der Waals surface area (Å²) in [6.45, 7) is 7.98. The van der Waals surface area contributed by atoms with Gasteiger partial charge >= 0.3 is 334 Å². The van der Waals surface area contributed by atoms with Crippen LogP contribution in [0.2, 0.25) is 0 Å². The molecule has 0 aliphatic heterocycles. The van der Waals surface area contributed by atoms with Gasteiger partial charge in [0.15, 0.2) is 0 Å². The third kappa shape index (κ3) is 7.95. The van der Waals surface area contributed by atoms with Gasteiger partial charge < -0.3 is 0 Å². The van der Waals surface area contributed by atoms with E-state index in [1.807, 2.05) is 149 Å². The predicted octanol–water partition coefficient (Wildman–Crippen LogP) is 13.3. The summed E-state index contributed by atoms with van der Waals surface area (Å²) in [6, 6.07) is 44.7. The molecule has 54 heavy (non-hydrogen) atoms. The van der Waals surface area contributed by atoms with E-state index in [0.29, 0.717) is 21.0 Å². The number of rotatable bonds is 14. The molecule has 0 heterocycles. The molecule has 3 atom stereocenters. The summed E-state index contributed by atoms with van der Waals surface area (Å²) in [5.74, 6) is -4.82. The van der Waals surface area contributed by atoms with Crippen molar-refractivity contribution in [2.75, 3.05) is 0 Å². The maximum atomic E-state index is 18.7. The van der Waals surface area contributed by atoms with Gasteiger partial charge in [-0.25, -0.2) is 0 Å². The van der Waals surface area contributed by atoms with E-state index in [1.54, 1.807) is 0 Å².